The van der Waals surface area contributed by atoms with E-state index in [2.05, 4.69) is 10.3 Å². The molecule has 0 spiro atoms. The van der Waals surface area contributed by atoms with Crippen molar-refractivity contribution < 1.29 is 18.3 Å². The quantitative estimate of drug-likeness (QED) is 0.923. The standard InChI is InChI=1S/C11H16F2N2O2S/c1-10(2,3)17-9(16)14-5-8-15-7(6-18-8)11(4,12)13/h6H,5H2,1-4H3,(H,14,16). The highest BCUT2D eigenvalue weighted by atomic mass is 32.1. The van der Waals surface area contributed by atoms with Gasteiger partial charge in [0.15, 0.2) is 0 Å². The van der Waals surface area contributed by atoms with Gasteiger partial charge in [-0.15, -0.1) is 11.3 Å². The maximum absolute atomic E-state index is 12.9. The Morgan fingerprint density at radius 2 is 2.06 bits per heavy atom. The Kier molecular flexibility index (Phi) is 4.26. The third-order valence-corrected chi connectivity index (χ3v) is 2.63. The first-order valence-electron chi connectivity index (χ1n) is 5.37. The number of amides is 1. The van der Waals surface area contributed by atoms with Crippen LogP contribution in [0.4, 0.5) is 13.6 Å². The van der Waals surface area contributed by atoms with Crippen molar-refractivity contribution in [2.45, 2.75) is 45.8 Å². The first-order valence-corrected chi connectivity index (χ1v) is 6.25. The normalized spacial score (nSPS) is 12.3. The van der Waals surface area contributed by atoms with E-state index in [0.717, 1.165) is 18.3 Å². The number of halogens is 2. The maximum Gasteiger partial charge on any atom is 0.408 e. The molecule has 0 fully saturated rings. The largest absolute Gasteiger partial charge is 0.444 e. The molecule has 0 aromatic carbocycles. The number of nitrogens with one attached hydrogen (secondary N) is 1. The number of alkyl carbamates (subject to hydrolysis) is 1. The summed E-state index contributed by atoms with van der Waals surface area (Å²) in [6, 6.07) is 0. The second kappa shape index (κ2) is 5.17. The van der Waals surface area contributed by atoms with E-state index in [-0.39, 0.29) is 12.2 Å². The van der Waals surface area contributed by atoms with Crippen LogP contribution in [0, 0.1) is 0 Å². The van der Waals surface area contributed by atoms with Gasteiger partial charge in [0.05, 0.1) is 6.54 Å². The van der Waals surface area contributed by atoms with Crippen molar-refractivity contribution in [2.24, 2.45) is 0 Å². The van der Waals surface area contributed by atoms with Crippen molar-refractivity contribution in [2.75, 3.05) is 0 Å². The van der Waals surface area contributed by atoms with E-state index >= 15 is 0 Å². The molecule has 1 amide bonds. The van der Waals surface area contributed by atoms with Gasteiger partial charge in [-0.25, -0.2) is 9.78 Å². The van der Waals surface area contributed by atoms with Gasteiger partial charge >= 0.3 is 6.09 Å². The van der Waals surface area contributed by atoms with E-state index in [1.807, 2.05) is 0 Å². The van der Waals surface area contributed by atoms with Crippen molar-refractivity contribution in [3.8, 4) is 0 Å². The Morgan fingerprint density at radius 1 is 1.44 bits per heavy atom. The molecule has 1 rings (SSSR count). The molecule has 1 aromatic heterocycles. The lowest BCUT2D eigenvalue weighted by Crippen LogP contribution is -2.32. The summed E-state index contributed by atoms with van der Waals surface area (Å²) in [5.74, 6) is -2.96. The number of aromatic nitrogens is 1. The molecule has 102 valence electrons. The number of carbonyl (C=O) groups is 1. The monoisotopic (exact) mass is 278 g/mol. The van der Waals surface area contributed by atoms with Gasteiger partial charge in [-0.3, -0.25) is 0 Å². The van der Waals surface area contributed by atoms with Crippen LogP contribution in [-0.4, -0.2) is 16.7 Å². The molecule has 0 aliphatic rings. The van der Waals surface area contributed by atoms with Gasteiger partial charge in [-0.05, 0) is 20.8 Å². The van der Waals surface area contributed by atoms with Crippen molar-refractivity contribution in [1.29, 1.82) is 0 Å². The number of nitrogens with zero attached hydrogens (tertiary/aromatic N) is 1. The predicted molar refractivity (Wildman–Crippen MR) is 64.8 cm³/mol. The zero-order valence-corrected chi connectivity index (χ0v) is 11.5. The van der Waals surface area contributed by atoms with Crippen LogP contribution < -0.4 is 5.32 Å². The molecule has 0 unspecified atom stereocenters. The van der Waals surface area contributed by atoms with Crippen LogP contribution in [0.15, 0.2) is 5.38 Å². The Labute approximate surface area is 108 Å². The molecule has 0 radical (unpaired) electrons. The van der Waals surface area contributed by atoms with Crippen molar-refractivity contribution in [3.05, 3.63) is 16.1 Å². The zero-order chi connectivity index (χ0) is 14.0. The van der Waals surface area contributed by atoms with Gasteiger partial charge in [-0.2, -0.15) is 8.78 Å². The van der Waals surface area contributed by atoms with Crippen LogP contribution >= 0.6 is 11.3 Å². The Hall–Kier alpha value is -1.24. The van der Waals surface area contributed by atoms with Crippen LogP contribution in [0.2, 0.25) is 0 Å². The van der Waals surface area contributed by atoms with Crippen molar-refractivity contribution in [3.63, 3.8) is 0 Å². The van der Waals surface area contributed by atoms with E-state index in [1.165, 1.54) is 5.38 Å². The van der Waals surface area contributed by atoms with E-state index < -0.39 is 17.6 Å². The Morgan fingerprint density at radius 3 is 2.50 bits per heavy atom. The molecule has 7 heteroatoms. The van der Waals surface area contributed by atoms with Crippen LogP contribution in [-0.2, 0) is 17.2 Å². The summed E-state index contributed by atoms with van der Waals surface area (Å²) >= 11 is 1.07. The highest BCUT2D eigenvalue weighted by Crippen LogP contribution is 2.27. The first-order chi connectivity index (χ1) is 8.08. The number of rotatable bonds is 3. The molecule has 0 aliphatic carbocycles. The lowest BCUT2D eigenvalue weighted by Gasteiger charge is -2.19. The molecule has 0 bridgehead atoms. The fourth-order valence-corrected chi connectivity index (χ4v) is 1.87. The van der Waals surface area contributed by atoms with Crippen molar-refractivity contribution >= 4 is 17.4 Å². The summed E-state index contributed by atoms with van der Waals surface area (Å²) < 4.78 is 30.9. The SMILES string of the molecule is CC(C)(C)OC(=O)NCc1nc(C(C)(F)F)cs1. The molecule has 0 saturated heterocycles. The summed E-state index contributed by atoms with van der Waals surface area (Å²) in [5, 5.41) is 4.16. The molecule has 0 atom stereocenters. The Bertz CT molecular complexity index is 421. The first kappa shape index (κ1) is 14.8. The highest BCUT2D eigenvalue weighted by Gasteiger charge is 2.27. The molecule has 4 nitrogen and oxygen atoms in total. The smallest absolute Gasteiger partial charge is 0.408 e. The number of alkyl halides is 2. The third kappa shape index (κ3) is 4.95. The van der Waals surface area contributed by atoms with Gasteiger partial charge < -0.3 is 10.1 Å². The average molecular weight is 278 g/mol. The number of thiazole rings is 1. The predicted octanol–water partition coefficient (Wildman–Crippen LogP) is 3.28. The molecule has 1 aromatic rings. The number of hydrogen-bond acceptors (Lipinski definition) is 4. The summed E-state index contributed by atoms with van der Waals surface area (Å²) in [7, 11) is 0. The number of hydrogen-bond donors (Lipinski definition) is 1. The summed E-state index contributed by atoms with van der Waals surface area (Å²) in [6.07, 6.45) is -0.595. The minimum absolute atomic E-state index is 0.0790. The summed E-state index contributed by atoms with van der Waals surface area (Å²) in [5.41, 5.74) is -0.873. The van der Waals surface area contributed by atoms with E-state index in [4.69, 9.17) is 4.74 Å². The molecular weight excluding hydrogens is 262 g/mol. The lowest BCUT2D eigenvalue weighted by molar-refractivity contribution is 0.0132. The maximum atomic E-state index is 12.9. The molecule has 18 heavy (non-hydrogen) atoms. The second-order valence-corrected chi connectivity index (χ2v) is 5.81. The van der Waals surface area contributed by atoms with Gasteiger partial charge in [-0.1, -0.05) is 0 Å². The average Bonchev–Trinajstić information content (AvgIpc) is 2.59. The minimum Gasteiger partial charge on any atom is -0.444 e. The van der Waals surface area contributed by atoms with Crippen LogP contribution in [0.3, 0.4) is 0 Å². The van der Waals surface area contributed by atoms with Gasteiger partial charge in [0.1, 0.15) is 16.3 Å². The molecule has 0 saturated carbocycles. The summed E-state index contributed by atoms with van der Waals surface area (Å²) in [4.78, 5) is 15.1. The van der Waals surface area contributed by atoms with Crippen LogP contribution in [0.1, 0.15) is 38.4 Å². The second-order valence-electron chi connectivity index (χ2n) is 4.87. The minimum atomic E-state index is -2.96. The number of ether oxygens (including phenoxy) is 1. The molecule has 1 N–H and O–H groups in total. The zero-order valence-electron chi connectivity index (χ0n) is 10.7. The fourth-order valence-electron chi connectivity index (χ4n) is 1.06. The van der Waals surface area contributed by atoms with E-state index in [0.29, 0.717) is 5.01 Å². The topological polar surface area (TPSA) is 51.2 Å². The van der Waals surface area contributed by atoms with E-state index in [9.17, 15) is 13.6 Å². The van der Waals surface area contributed by atoms with Gasteiger partial charge in [0.2, 0.25) is 0 Å². The van der Waals surface area contributed by atoms with E-state index in [1.54, 1.807) is 20.8 Å². The summed E-state index contributed by atoms with van der Waals surface area (Å²) in [6.45, 7) is 6.09. The third-order valence-electron chi connectivity index (χ3n) is 1.78. The fraction of sp³-hybridized carbons (Fsp3) is 0.636. The number of carbonyl (C=O) groups excluding carboxylic acids is 1. The molecule has 0 aliphatic heterocycles. The van der Waals surface area contributed by atoms with Gasteiger partial charge in [0.25, 0.3) is 5.92 Å². The Balaban J connectivity index is 2.50. The molecule has 1 heterocycles. The van der Waals surface area contributed by atoms with Gasteiger partial charge in [0, 0.05) is 12.3 Å². The lowest BCUT2D eigenvalue weighted by atomic mass is 10.2. The van der Waals surface area contributed by atoms with Crippen LogP contribution in [0.5, 0.6) is 0 Å². The van der Waals surface area contributed by atoms with Crippen LogP contribution in [0.25, 0.3) is 0 Å². The molecular formula is C11H16F2N2O2S. The van der Waals surface area contributed by atoms with Crippen molar-refractivity contribution in [1.82, 2.24) is 10.3 Å². The highest BCUT2D eigenvalue weighted by molar-refractivity contribution is 7.09.